The van der Waals surface area contributed by atoms with Crippen molar-refractivity contribution in [2.24, 2.45) is 5.10 Å². The van der Waals surface area contributed by atoms with Gasteiger partial charge in [0.2, 0.25) is 0 Å². The summed E-state index contributed by atoms with van der Waals surface area (Å²) in [7, 11) is 1.91. The van der Waals surface area contributed by atoms with Gasteiger partial charge in [-0.1, -0.05) is 232 Å². The Labute approximate surface area is 499 Å². The van der Waals surface area contributed by atoms with E-state index in [-0.39, 0.29) is 0 Å². The van der Waals surface area contributed by atoms with Gasteiger partial charge in [-0.3, -0.25) is 5.43 Å². The van der Waals surface area contributed by atoms with Gasteiger partial charge in [-0.05, 0) is 106 Å². The molecule has 0 saturated heterocycles. The van der Waals surface area contributed by atoms with E-state index < -0.39 is 0 Å². The van der Waals surface area contributed by atoms with Crippen molar-refractivity contribution in [1.29, 1.82) is 0 Å². The van der Waals surface area contributed by atoms with E-state index in [1.807, 2.05) is 136 Å². The Balaban J connectivity index is 0.000000208. The molecule has 438 valence electrons. The molecule has 0 atom stereocenters. The summed E-state index contributed by atoms with van der Waals surface area (Å²) >= 11 is 0. The van der Waals surface area contributed by atoms with E-state index in [1.54, 1.807) is 0 Å². The molecular weight excluding hydrogens is 1020 g/mol. The third kappa shape index (κ3) is 22.3. The van der Waals surface area contributed by atoms with Gasteiger partial charge in [-0.2, -0.15) is 15.3 Å². The number of anilines is 2. The first-order valence-electron chi connectivity index (χ1n) is 30.5. The van der Waals surface area contributed by atoms with Crippen LogP contribution in [0, 0.1) is 13.8 Å². The fourth-order valence-electron chi connectivity index (χ4n) is 9.44. The normalized spacial score (nSPS) is 13.8. The Morgan fingerprint density at radius 2 is 1.02 bits per heavy atom. The summed E-state index contributed by atoms with van der Waals surface area (Å²) in [6.45, 7) is 21.2. The van der Waals surface area contributed by atoms with Gasteiger partial charge >= 0.3 is 0 Å². The Kier molecular flexibility index (Phi) is 30.6. The summed E-state index contributed by atoms with van der Waals surface area (Å²) in [6, 6.07) is 63.0. The molecule has 6 aromatic carbocycles. The number of benzene rings is 6. The van der Waals surface area contributed by atoms with Crippen LogP contribution in [-0.2, 0) is 13.1 Å². The SMILES string of the molecule is CC.CC.CCC/C(CNC1CCCCC1)=N\N/C1=C/C/C=C\CC=C1.CNc1ccccc1.Cc1c(CNC(C)C)nn(-c2ccccc2)c1-c1ccccc1.Cc1c(CNc2ccccc2)nn(-c2ccccc2)c1-c1ccccc1. The van der Waals surface area contributed by atoms with Gasteiger partial charge in [0.25, 0.3) is 0 Å². The van der Waals surface area contributed by atoms with Crippen LogP contribution in [0.25, 0.3) is 33.9 Å². The zero-order valence-corrected chi connectivity index (χ0v) is 51.6. The minimum absolute atomic E-state index is 0.441. The van der Waals surface area contributed by atoms with Crippen LogP contribution >= 0.6 is 0 Å². The van der Waals surface area contributed by atoms with E-state index in [0.29, 0.717) is 18.6 Å². The highest BCUT2D eigenvalue weighted by molar-refractivity contribution is 5.86. The summed E-state index contributed by atoms with van der Waals surface area (Å²) in [5.74, 6) is 0. The molecule has 10 rings (SSSR count). The lowest BCUT2D eigenvalue weighted by Gasteiger charge is -2.23. The zero-order chi connectivity index (χ0) is 59.3. The largest absolute Gasteiger partial charge is 0.388 e. The average molecular weight is 1110 g/mol. The number of allylic oxidation sites excluding steroid dienone is 5. The lowest BCUT2D eigenvalue weighted by molar-refractivity contribution is 0.387. The number of nitrogens with one attached hydrogen (secondary N) is 5. The topological polar surface area (TPSA) is 108 Å². The maximum atomic E-state index is 4.93. The average Bonchev–Trinajstić information content (AvgIpc) is 4.31. The van der Waals surface area contributed by atoms with E-state index in [1.165, 1.54) is 60.1 Å². The maximum absolute atomic E-state index is 4.93. The molecule has 5 N–H and O–H groups in total. The van der Waals surface area contributed by atoms with Crippen molar-refractivity contribution in [3.8, 4) is 33.9 Å². The first-order chi connectivity index (χ1) is 40.8. The predicted octanol–water partition coefficient (Wildman–Crippen LogP) is 18.0. The Morgan fingerprint density at radius 3 is 1.49 bits per heavy atom. The van der Waals surface area contributed by atoms with E-state index in [9.17, 15) is 0 Å². The molecule has 2 heterocycles. The molecule has 0 amide bonds. The van der Waals surface area contributed by atoms with Gasteiger partial charge in [0.05, 0.1) is 52.1 Å². The molecule has 0 unspecified atom stereocenters. The number of hydrogen-bond acceptors (Lipinski definition) is 8. The molecule has 10 nitrogen and oxygen atoms in total. The van der Waals surface area contributed by atoms with Gasteiger partial charge < -0.3 is 21.3 Å². The van der Waals surface area contributed by atoms with Crippen LogP contribution in [0.3, 0.4) is 0 Å². The molecule has 0 bridgehead atoms. The molecule has 83 heavy (non-hydrogen) atoms. The Bertz CT molecular complexity index is 3080. The standard InChI is InChI=1S/C23H21N3.C20H23N3.C19H31N3.C7H9N.2C2H6/c1-18-22(17-24-20-13-7-3-8-14-20)25-26(21-15-9-4-10-16-21)23(18)19-11-5-2-6-12-19;1-15(2)21-14-19-16(3)20(17-10-6-4-7-11-17)23(22-19)18-12-8-5-9-13-18;1-2-11-19(16-20-17-12-9-6-10-13-17)22-21-18-14-7-4-3-5-8-15-18;1-8-7-5-3-2-4-6-7;2*1-2/h2-16,24H,17H2,1H3;4-13,15,21H,14H2,1-3H3;3-4,8,14-15,17,20-21H,2,5-7,9-13,16H2,1H3;2-6,8H,1H3;2*1-2H3/b;;4-3-,15-8?,18-14+,22-19+;;;. The molecule has 0 spiro atoms. The third-order valence-electron chi connectivity index (χ3n) is 13.8. The monoisotopic (exact) mass is 1110 g/mol. The summed E-state index contributed by atoms with van der Waals surface area (Å²) in [4.78, 5) is 0. The Morgan fingerprint density at radius 1 is 0.566 bits per heavy atom. The van der Waals surface area contributed by atoms with Gasteiger partial charge in [0.15, 0.2) is 0 Å². The highest BCUT2D eigenvalue weighted by atomic mass is 15.3. The molecule has 0 radical (unpaired) electrons. The van der Waals surface area contributed by atoms with Crippen LogP contribution in [0.1, 0.15) is 129 Å². The van der Waals surface area contributed by atoms with Crippen molar-refractivity contribution in [2.45, 2.75) is 145 Å². The first-order valence-corrected chi connectivity index (χ1v) is 30.5. The van der Waals surface area contributed by atoms with Crippen LogP contribution in [0.4, 0.5) is 11.4 Å². The second kappa shape index (κ2) is 38.6. The van der Waals surface area contributed by atoms with Crippen molar-refractivity contribution >= 4 is 17.1 Å². The molecule has 2 aromatic heterocycles. The van der Waals surface area contributed by atoms with Crippen LogP contribution in [0.15, 0.2) is 223 Å². The summed E-state index contributed by atoms with van der Waals surface area (Å²) in [5, 5.41) is 28.1. The van der Waals surface area contributed by atoms with Crippen molar-refractivity contribution < 1.29 is 0 Å². The first kappa shape index (κ1) is 65.8. The van der Waals surface area contributed by atoms with Crippen molar-refractivity contribution in [3.63, 3.8) is 0 Å². The lowest BCUT2D eigenvalue weighted by Crippen LogP contribution is -2.35. The molecule has 1 fully saturated rings. The molecule has 2 aliphatic rings. The predicted molar refractivity (Wildman–Crippen MR) is 358 cm³/mol. The van der Waals surface area contributed by atoms with E-state index >= 15 is 0 Å². The summed E-state index contributed by atoms with van der Waals surface area (Å²) in [6.07, 6.45) is 21.9. The van der Waals surface area contributed by atoms with Crippen LogP contribution < -0.4 is 26.7 Å². The quantitative estimate of drug-likeness (QED) is 0.0331. The number of para-hydroxylation sites is 4. The smallest absolute Gasteiger partial charge is 0.0855 e. The molecule has 1 saturated carbocycles. The fraction of sp³-hybridized carbons (Fsp3) is 0.329. The van der Waals surface area contributed by atoms with E-state index in [0.717, 1.165) is 90.0 Å². The van der Waals surface area contributed by atoms with Gasteiger partial charge in [-0.25, -0.2) is 9.36 Å². The van der Waals surface area contributed by atoms with Gasteiger partial charge in [-0.15, -0.1) is 0 Å². The molecule has 0 aliphatic heterocycles. The van der Waals surface area contributed by atoms with E-state index in [2.05, 4.69) is 186 Å². The summed E-state index contributed by atoms with van der Waals surface area (Å²) in [5.41, 5.74) is 19.3. The summed E-state index contributed by atoms with van der Waals surface area (Å²) < 4.78 is 4.11. The zero-order valence-electron chi connectivity index (χ0n) is 51.6. The van der Waals surface area contributed by atoms with E-state index in [4.69, 9.17) is 10.2 Å². The highest BCUT2D eigenvalue weighted by Gasteiger charge is 2.19. The van der Waals surface area contributed by atoms with Crippen molar-refractivity contribution in [2.75, 3.05) is 24.2 Å². The number of nitrogens with zero attached hydrogens (tertiary/aromatic N) is 5. The number of hydrogen-bond donors (Lipinski definition) is 5. The van der Waals surface area contributed by atoms with Crippen molar-refractivity contribution in [1.82, 2.24) is 35.6 Å². The van der Waals surface area contributed by atoms with Crippen LogP contribution in [0.2, 0.25) is 0 Å². The highest BCUT2D eigenvalue weighted by Crippen LogP contribution is 2.30. The number of hydrazone groups is 1. The number of aromatic nitrogens is 4. The van der Waals surface area contributed by atoms with Gasteiger partial charge in [0.1, 0.15) is 0 Å². The van der Waals surface area contributed by atoms with Crippen molar-refractivity contribution in [3.05, 3.63) is 241 Å². The Hall–Kier alpha value is -8.05. The third-order valence-corrected chi connectivity index (χ3v) is 13.8. The molecule has 8 aromatic rings. The second-order valence-corrected chi connectivity index (χ2v) is 20.2. The van der Waals surface area contributed by atoms with Gasteiger partial charge in [0, 0.05) is 60.3 Å². The maximum Gasteiger partial charge on any atom is 0.0855 e. The van der Waals surface area contributed by atoms with Crippen LogP contribution in [0.5, 0.6) is 0 Å². The second-order valence-electron chi connectivity index (χ2n) is 20.2. The minimum atomic E-state index is 0.441. The fourth-order valence-corrected chi connectivity index (χ4v) is 9.44. The van der Waals surface area contributed by atoms with Crippen LogP contribution in [-0.4, -0.2) is 50.9 Å². The minimum Gasteiger partial charge on any atom is -0.388 e. The lowest BCUT2D eigenvalue weighted by atomic mass is 9.95. The molecular formula is C73H96N10. The molecule has 10 heteroatoms. The molecule has 2 aliphatic carbocycles. The number of rotatable bonds is 18.